The number of hydrogen-bond donors (Lipinski definition) is 0. The smallest absolute Gasteiger partial charge is 0.225 e. The van der Waals surface area contributed by atoms with Crippen LogP contribution in [0.4, 0.5) is 5.95 Å². The van der Waals surface area contributed by atoms with E-state index in [0.29, 0.717) is 12.5 Å². The summed E-state index contributed by atoms with van der Waals surface area (Å²) in [6, 6.07) is 3.91. The zero-order valence-corrected chi connectivity index (χ0v) is 10.7. The Hall–Kier alpha value is -1.36. The summed E-state index contributed by atoms with van der Waals surface area (Å²) < 4.78 is 6.37. The van der Waals surface area contributed by atoms with E-state index >= 15 is 0 Å². The van der Waals surface area contributed by atoms with Crippen molar-refractivity contribution in [2.75, 3.05) is 11.9 Å². The molecular weight excluding hydrogens is 270 g/mol. The van der Waals surface area contributed by atoms with Crippen LogP contribution in [-0.4, -0.2) is 17.0 Å². The molecule has 0 saturated heterocycles. The molecular formula is C11H12BrN3O. The number of nitrogens with zero attached hydrogens (tertiary/aromatic N) is 3. The molecule has 5 heteroatoms. The molecule has 0 bridgehead atoms. The van der Waals surface area contributed by atoms with Crippen molar-refractivity contribution < 1.29 is 4.42 Å². The van der Waals surface area contributed by atoms with Crippen LogP contribution >= 0.6 is 15.9 Å². The SMILES string of the molecule is Cc1ccc(CN(C)c2ncc(Br)cn2)o1. The van der Waals surface area contributed by atoms with Crippen molar-refractivity contribution in [1.82, 2.24) is 9.97 Å². The lowest BCUT2D eigenvalue weighted by Gasteiger charge is -2.14. The molecule has 4 nitrogen and oxygen atoms in total. The highest BCUT2D eigenvalue weighted by molar-refractivity contribution is 9.10. The monoisotopic (exact) mass is 281 g/mol. The van der Waals surface area contributed by atoms with Gasteiger partial charge in [-0.25, -0.2) is 9.97 Å². The fourth-order valence-corrected chi connectivity index (χ4v) is 1.58. The first kappa shape index (κ1) is 11.1. The van der Waals surface area contributed by atoms with Gasteiger partial charge in [0.1, 0.15) is 11.5 Å². The minimum absolute atomic E-state index is 0.662. The van der Waals surface area contributed by atoms with Crippen molar-refractivity contribution in [3.8, 4) is 0 Å². The third-order valence-corrected chi connectivity index (χ3v) is 2.55. The minimum Gasteiger partial charge on any atom is -0.464 e. The first-order valence-electron chi connectivity index (χ1n) is 4.89. The first-order chi connectivity index (χ1) is 7.65. The van der Waals surface area contributed by atoms with Gasteiger partial charge < -0.3 is 9.32 Å². The van der Waals surface area contributed by atoms with E-state index in [1.807, 2.05) is 31.0 Å². The molecule has 0 radical (unpaired) electrons. The highest BCUT2D eigenvalue weighted by Crippen LogP contribution is 2.14. The van der Waals surface area contributed by atoms with Gasteiger partial charge in [0, 0.05) is 19.4 Å². The average Bonchev–Trinajstić information content (AvgIpc) is 2.65. The number of rotatable bonds is 3. The molecule has 0 unspecified atom stereocenters. The van der Waals surface area contributed by atoms with Gasteiger partial charge in [0.25, 0.3) is 0 Å². The van der Waals surface area contributed by atoms with E-state index in [0.717, 1.165) is 16.0 Å². The lowest BCUT2D eigenvalue weighted by atomic mass is 10.4. The molecule has 0 aromatic carbocycles. The quantitative estimate of drug-likeness (QED) is 0.868. The molecule has 0 fully saturated rings. The molecule has 0 N–H and O–H groups in total. The lowest BCUT2D eigenvalue weighted by molar-refractivity contribution is 0.480. The Balaban J connectivity index is 2.08. The maximum atomic E-state index is 5.49. The molecule has 2 aromatic rings. The number of halogens is 1. The summed E-state index contributed by atoms with van der Waals surface area (Å²) in [5.74, 6) is 2.50. The van der Waals surface area contributed by atoms with Crippen LogP contribution in [0, 0.1) is 6.92 Å². The molecule has 0 aliphatic heterocycles. The maximum Gasteiger partial charge on any atom is 0.225 e. The van der Waals surface area contributed by atoms with E-state index in [-0.39, 0.29) is 0 Å². The lowest BCUT2D eigenvalue weighted by Crippen LogP contribution is -2.18. The van der Waals surface area contributed by atoms with Crippen LogP contribution in [0.1, 0.15) is 11.5 Å². The van der Waals surface area contributed by atoms with Crippen molar-refractivity contribution in [1.29, 1.82) is 0 Å². The summed E-state index contributed by atoms with van der Waals surface area (Å²) in [4.78, 5) is 10.4. The molecule has 0 amide bonds. The molecule has 0 saturated carbocycles. The number of furan rings is 1. The Morgan fingerprint density at radius 2 is 2.00 bits per heavy atom. The predicted molar refractivity (Wildman–Crippen MR) is 65.3 cm³/mol. The topological polar surface area (TPSA) is 42.2 Å². The molecule has 16 heavy (non-hydrogen) atoms. The largest absolute Gasteiger partial charge is 0.464 e. The molecule has 2 heterocycles. The van der Waals surface area contributed by atoms with Gasteiger partial charge in [-0.2, -0.15) is 0 Å². The zero-order chi connectivity index (χ0) is 11.5. The van der Waals surface area contributed by atoms with E-state index in [1.54, 1.807) is 12.4 Å². The van der Waals surface area contributed by atoms with Gasteiger partial charge in [-0.3, -0.25) is 0 Å². The molecule has 2 aromatic heterocycles. The van der Waals surface area contributed by atoms with E-state index in [2.05, 4.69) is 25.9 Å². The van der Waals surface area contributed by atoms with Gasteiger partial charge in [0.05, 0.1) is 11.0 Å². The first-order valence-corrected chi connectivity index (χ1v) is 5.68. The fraction of sp³-hybridized carbons (Fsp3) is 0.273. The fourth-order valence-electron chi connectivity index (χ4n) is 1.38. The standard InChI is InChI=1S/C11H12BrN3O/c1-8-3-4-10(16-8)7-15(2)11-13-5-9(12)6-14-11/h3-6H,7H2,1-2H3. The maximum absolute atomic E-state index is 5.49. The third-order valence-electron chi connectivity index (χ3n) is 2.14. The van der Waals surface area contributed by atoms with Gasteiger partial charge >= 0.3 is 0 Å². The van der Waals surface area contributed by atoms with Gasteiger partial charge in [0.15, 0.2) is 0 Å². The second-order valence-electron chi connectivity index (χ2n) is 3.57. The summed E-state index contributed by atoms with van der Waals surface area (Å²) >= 11 is 3.30. The van der Waals surface area contributed by atoms with Crippen molar-refractivity contribution >= 4 is 21.9 Å². The Labute approximate surface area is 102 Å². The second-order valence-corrected chi connectivity index (χ2v) is 4.49. The van der Waals surface area contributed by atoms with Gasteiger partial charge in [0.2, 0.25) is 5.95 Å². The van der Waals surface area contributed by atoms with Crippen LogP contribution in [0.3, 0.4) is 0 Å². The normalized spacial score (nSPS) is 10.4. The van der Waals surface area contributed by atoms with Crippen molar-refractivity contribution in [3.63, 3.8) is 0 Å². The van der Waals surface area contributed by atoms with E-state index in [4.69, 9.17) is 4.42 Å². The molecule has 0 aliphatic carbocycles. The Morgan fingerprint density at radius 1 is 1.31 bits per heavy atom. The number of aryl methyl sites for hydroxylation is 1. The Bertz CT molecular complexity index is 466. The summed E-state index contributed by atoms with van der Waals surface area (Å²) in [7, 11) is 1.93. The average molecular weight is 282 g/mol. The highest BCUT2D eigenvalue weighted by atomic mass is 79.9. The predicted octanol–water partition coefficient (Wildman–Crippen LogP) is 2.78. The molecule has 2 rings (SSSR count). The van der Waals surface area contributed by atoms with E-state index in [9.17, 15) is 0 Å². The van der Waals surface area contributed by atoms with Crippen LogP contribution in [0.25, 0.3) is 0 Å². The van der Waals surface area contributed by atoms with Crippen molar-refractivity contribution in [2.24, 2.45) is 0 Å². The van der Waals surface area contributed by atoms with E-state index in [1.165, 1.54) is 0 Å². The van der Waals surface area contributed by atoms with Crippen LogP contribution < -0.4 is 4.90 Å². The summed E-state index contributed by atoms with van der Waals surface area (Å²) in [6.45, 7) is 2.59. The van der Waals surface area contributed by atoms with Gasteiger partial charge in [-0.1, -0.05) is 0 Å². The summed E-state index contributed by atoms with van der Waals surface area (Å²) in [5.41, 5.74) is 0. The molecule has 0 spiro atoms. The number of aromatic nitrogens is 2. The minimum atomic E-state index is 0.662. The van der Waals surface area contributed by atoms with Crippen LogP contribution in [-0.2, 0) is 6.54 Å². The van der Waals surface area contributed by atoms with Crippen molar-refractivity contribution in [2.45, 2.75) is 13.5 Å². The van der Waals surface area contributed by atoms with E-state index < -0.39 is 0 Å². The molecule has 84 valence electrons. The van der Waals surface area contributed by atoms with Crippen LogP contribution in [0.2, 0.25) is 0 Å². The summed E-state index contributed by atoms with van der Waals surface area (Å²) in [5, 5.41) is 0. The Morgan fingerprint density at radius 3 is 2.56 bits per heavy atom. The molecule has 0 aliphatic rings. The number of hydrogen-bond acceptors (Lipinski definition) is 4. The van der Waals surface area contributed by atoms with Gasteiger partial charge in [-0.05, 0) is 35.0 Å². The van der Waals surface area contributed by atoms with Crippen molar-refractivity contribution in [3.05, 3.63) is 40.5 Å². The number of anilines is 1. The van der Waals surface area contributed by atoms with Crippen LogP contribution in [0.15, 0.2) is 33.4 Å². The summed E-state index contributed by atoms with van der Waals surface area (Å²) in [6.07, 6.45) is 3.46. The zero-order valence-electron chi connectivity index (χ0n) is 9.14. The highest BCUT2D eigenvalue weighted by Gasteiger charge is 2.07. The third kappa shape index (κ3) is 2.61. The van der Waals surface area contributed by atoms with Gasteiger partial charge in [-0.15, -0.1) is 0 Å². The second kappa shape index (κ2) is 4.65. The van der Waals surface area contributed by atoms with Crippen LogP contribution in [0.5, 0.6) is 0 Å². The Kier molecular flexibility index (Phi) is 3.24. The molecule has 0 atom stereocenters.